The van der Waals surface area contributed by atoms with Gasteiger partial charge in [-0.25, -0.2) is 4.39 Å². The van der Waals surface area contributed by atoms with Crippen LogP contribution in [0.25, 0.3) is 0 Å². The van der Waals surface area contributed by atoms with E-state index in [1.54, 1.807) is 12.1 Å². The topological polar surface area (TPSA) is 47.0 Å². The number of halogens is 1. The molecule has 1 N–H and O–H groups in total. The minimum absolute atomic E-state index is 0.332. The zero-order valence-corrected chi connectivity index (χ0v) is 10.8. The summed E-state index contributed by atoms with van der Waals surface area (Å²) < 4.78 is 18.4. The average Bonchev–Trinajstić information content (AvgIpc) is 2.77. The van der Waals surface area contributed by atoms with E-state index < -0.39 is 0 Å². The molecule has 2 aromatic rings. The second kappa shape index (κ2) is 6.42. The van der Waals surface area contributed by atoms with Crippen LogP contribution in [-0.2, 0) is 6.54 Å². The maximum absolute atomic E-state index is 13.0. The quantitative estimate of drug-likeness (QED) is 0.817. The standard InChI is InChI=1S/C12H14FN3OS/c1-2-6-14-8-11-15-16-12(18-11)17-10-5-3-4-9(13)7-10/h3-5,7,14H,2,6,8H2,1H3. The monoisotopic (exact) mass is 267 g/mol. The Labute approximate surface area is 109 Å². The smallest absolute Gasteiger partial charge is 0.299 e. The van der Waals surface area contributed by atoms with Crippen molar-refractivity contribution in [3.63, 3.8) is 0 Å². The molecular formula is C12H14FN3OS. The van der Waals surface area contributed by atoms with Crippen LogP contribution >= 0.6 is 11.3 Å². The van der Waals surface area contributed by atoms with Crippen molar-refractivity contribution in [2.24, 2.45) is 0 Å². The lowest BCUT2D eigenvalue weighted by Crippen LogP contribution is -2.13. The number of hydrogen-bond donors (Lipinski definition) is 1. The zero-order valence-electron chi connectivity index (χ0n) is 10.0. The Morgan fingerprint density at radius 3 is 3.06 bits per heavy atom. The van der Waals surface area contributed by atoms with Crippen LogP contribution in [0.1, 0.15) is 18.4 Å². The predicted molar refractivity (Wildman–Crippen MR) is 68.4 cm³/mol. The first-order chi connectivity index (χ1) is 8.78. The number of benzene rings is 1. The fourth-order valence-electron chi connectivity index (χ4n) is 1.35. The average molecular weight is 267 g/mol. The largest absolute Gasteiger partial charge is 0.430 e. The maximum Gasteiger partial charge on any atom is 0.299 e. The number of hydrogen-bond acceptors (Lipinski definition) is 5. The highest BCUT2D eigenvalue weighted by Crippen LogP contribution is 2.25. The lowest BCUT2D eigenvalue weighted by Gasteiger charge is -1.99. The van der Waals surface area contributed by atoms with Gasteiger partial charge in [-0.15, -0.1) is 5.10 Å². The van der Waals surface area contributed by atoms with E-state index in [0.29, 0.717) is 17.5 Å². The van der Waals surface area contributed by atoms with Gasteiger partial charge in [-0.05, 0) is 25.1 Å². The summed E-state index contributed by atoms with van der Waals surface area (Å²) in [5, 5.41) is 12.4. The molecule has 96 valence electrons. The van der Waals surface area contributed by atoms with E-state index in [1.165, 1.54) is 23.5 Å². The number of ether oxygens (including phenoxy) is 1. The molecule has 1 aromatic carbocycles. The van der Waals surface area contributed by atoms with Crippen molar-refractivity contribution >= 4 is 11.3 Å². The molecular weight excluding hydrogens is 253 g/mol. The number of rotatable bonds is 6. The van der Waals surface area contributed by atoms with E-state index >= 15 is 0 Å². The molecule has 0 aliphatic heterocycles. The minimum Gasteiger partial charge on any atom is -0.430 e. The lowest BCUT2D eigenvalue weighted by atomic mass is 10.3. The van der Waals surface area contributed by atoms with Gasteiger partial charge < -0.3 is 10.1 Å². The normalized spacial score (nSPS) is 10.6. The zero-order chi connectivity index (χ0) is 12.8. The predicted octanol–water partition coefficient (Wildman–Crippen LogP) is 2.97. The van der Waals surface area contributed by atoms with Crippen LogP contribution in [0, 0.1) is 5.82 Å². The van der Waals surface area contributed by atoms with Crippen LogP contribution in [0.5, 0.6) is 10.9 Å². The van der Waals surface area contributed by atoms with E-state index in [2.05, 4.69) is 22.4 Å². The first-order valence-electron chi connectivity index (χ1n) is 5.74. The molecule has 0 bridgehead atoms. The van der Waals surface area contributed by atoms with Gasteiger partial charge in [-0.3, -0.25) is 0 Å². The van der Waals surface area contributed by atoms with Crippen LogP contribution in [0.2, 0.25) is 0 Å². The van der Waals surface area contributed by atoms with E-state index in [4.69, 9.17) is 4.74 Å². The Morgan fingerprint density at radius 2 is 2.28 bits per heavy atom. The highest BCUT2D eigenvalue weighted by molar-refractivity contribution is 7.13. The summed E-state index contributed by atoms with van der Waals surface area (Å²) in [6.07, 6.45) is 1.07. The molecule has 0 unspecified atom stereocenters. The maximum atomic E-state index is 13.0. The van der Waals surface area contributed by atoms with Crippen LogP contribution in [0.4, 0.5) is 4.39 Å². The summed E-state index contributed by atoms with van der Waals surface area (Å²) in [6.45, 7) is 3.73. The first kappa shape index (κ1) is 12.9. The van der Waals surface area contributed by atoms with Crippen molar-refractivity contribution in [2.45, 2.75) is 19.9 Å². The molecule has 4 nitrogen and oxygen atoms in total. The SMILES string of the molecule is CCCNCc1nnc(Oc2cccc(F)c2)s1. The third-order valence-corrected chi connectivity index (χ3v) is 2.95. The molecule has 0 fully saturated rings. The minimum atomic E-state index is -0.332. The molecule has 18 heavy (non-hydrogen) atoms. The second-order valence-electron chi connectivity index (χ2n) is 3.70. The van der Waals surface area contributed by atoms with Gasteiger partial charge in [-0.2, -0.15) is 0 Å². The van der Waals surface area contributed by atoms with Crippen LogP contribution in [0.15, 0.2) is 24.3 Å². The summed E-state index contributed by atoms with van der Waals surface area (Å²) in [4.78, 5) is 0. The molecule has 2 rings (SSSR count). The van der Waals surface area contributed by atoms with E-state index in [0.717, 1.165) is 18.0 Å². The van der Waals surface area contributed by atoms with Crippen molar-refractivity contribution in [2.75, 3.05) is 6.54 Å². The molecule has 0 saturated carbocycles. The van der Waals surface area contributed by atoms with Gasteiger partial charge in [0.15, 0.2) is 0 Å². The summed E-state index contributed by atoms with van der Waals surface area (Å²) in [5.41, 5.74) is 0. The van der Waals surface area contributed by atoms with Crippen molar-refractivity contribution in [1.82, 2.24) is 15.5 Å². The molecule has 0 aliphatic rings. The fraction of sp³-hybridized carbons (Fsp3) is 0.333. The Kier molecular flexibility index (Phi) is 4.60. The number of nitrogens with zero attached hydrogens (tertiary/aromatic N) is 2. The summed E-state index contributed by atoms with van der Waals surface area (Å²) >= 11 is 1.35. The first-order valence-corrected chi connectivity index (χ1v) is 6.56. The summed E-state index contributed by atoms with van der Waals surface area (Å²) in [5.74, 6) is 0.0982. The molecule has 0 atom stereocenters. The molecule has 0 aliphatic carbocycles. The third kappa shape index (κ3) is 3.75. The van der Waals surface area contributed by atoms with Gasteiger partial charge in [0.2, 0.25) is 0 Å². The van der Waals surface area contributed by atoms with Gasteiger partial charge in [0.25, 0.3) is 5.19 Å². The van der Waals surface area contributed by atoms with Crippen molar-refractivity contribution in [3.8, 4) is 10.9 Å². The number of aromatic nitrogens is 2. The van der Waals surface area contributed by atoms with E-state index in [9.17, 15) is 4.39 Å². The molecule has 1 heterocycles. The van der Waals surface area contributed by atoms with E-state index in [-0.39, 0.29) is 5.82 Å². The van der Waals surface area contributed by atoms with Gasteiger partial charge >= 0.3 is 0 Å². The fourth-order valence-corrected chi connectivity index (χ4v) is 2.03. The summed E-state index contributed by atoms with van der Waals surface area (Å²) in [7, 11) is 0. The third-order valence-electron chi connectivity index (χ3n) is 2.15. The van der Waals surface area contributed by atoms with Crippen molar-refractivity contribution in [1.29, 1.82) is 0 Å². The summed E-state index contributed by atoms with van der Waals surface area (Å²) in [6, 6.07) is 5.96. The van der Waals surface area contributed by atoms with Crippen molar-refractivity contribution < 1.29 is 9.13 Å². The molecule has 0 saturated heterocycles. The van der Waals surface area contributed by atoms with Crippen LogP contribution in [0.3, 0.4) is 0 Å². The Hall–Kier alpha value is -1.53. The molecule has 6 heteroatoms. The molecule has 0 spiro atoms. The van der Waals surface area contributed by atoms with Gasteiger partial charge in [-0.1, -0.05) is 29.4 Å². The second-order valence-corrected chi connectivity index (χ2v) is 4.72. The molecule has 1 aromatic heterocycles. The number of nitrogens with one attached hydrogen (secondary N) is 1. The molecule has 0 radical (unpaired) electrons. The van der Waals surface area contributed by atoms with Gasteiger partial charge in [0.05, 0.1) is 0 Å². The Morgan fingerprint density at radius 1 is 1.39 bits per heavy atom. The van der Waals surface area contributed by atoms with Crippen LogP contribution < -0.4 is 10.1 Å². The van der Waals surface area contributed by atoms with Gasteiger partial charge in [0.1, 0.15) is 16.6 Å². The highest BCUT2D eigenvalue weighted by Gasteiger charge is 2.06. The molecule has 0 amide bonds. The van der Waals surface area contributed by atoms with Gasteiger partial charge in [0, 0.05) is 12.6 Å². The highest BCUT2D eigenvalue weighted by atomic mass is 32.1. The van der Waals surface area contributed by atoms with Crippen molar-refractivity contribution in [3.05, 3.63) is 35.1 Å². The Bertz CT molecular complexity index is 504. The van der Waals surface area contributed by atoms with E-state index in [1.807, 2.05) is 0 Å². The van der Waals surface area contributed by atoms with Crippen LogP contribution in [-0.4, -0.2) is 16.7 Å². The Balaban J connectivity index is 1.94. The lowest BCUT2D eigenvalue weighted by molar-refractivity contribution is 0.467.